The third-order valence-electron chi connectivity index (χ3n) is 6.55. The first-order chi connectivity index (χ1) is 18.8. The second-order valence-electron chi connectivity index (χ2n) is 10.7. The van der Waals surface area contributed by atoms with Crippen LogP contribution in [0.1, 0.15) is 72.6 Å². The van der Waals surface area contributed by atoms with Gasteiger partial charge in [-0.1, -0.05) is 46.0 Å². The first-order valence-electron chi connectivity index (χ1n) is 13.9. The molecule has 6 rings (SSSR count). The smallest absolute Gasteiger partial charge is 0.407 e. The summed E-state index contributed by atoms with van der Waals surface area (Å²) in [4.78, 5) is 19.9. The second kappa shape index (κ2) is 13.3. The van der Waals surface area contributed by atoms with Gasteiger partial charge in [0.1, 0.15) is 11.5 Å². The second-order valence-corrected chi connectivity index (χ2v) is 10.7. The van der Waals surface area contributed by atoms with Gasteiger partial charge < -0.3 is 15.4 Å². The zero-order valence-electron chi connectivity index (χ0n) is 23.5. The molecule has 0 aromatic carbocycles. The summed E-state index contributed by atoms with van der Waals surface area (Å²) in [5, 5.41) is 17.2. The number of hydrogen-bond acceptors (Lipinski definition) is 7. The number of carbonyl (C=O) groups is 1. The first kappa shape index (κ1) is 28.1. The number of fused-ring (bicyclic) bond motifs is 1. The van der Waals surface area contributed by atoms with Crippen molar-refractivity contribution in [3.8, 4) is 11.3 Å². The monoisotopic (exact) mass is 535 g/mol. The molecule has 2 fully saturated rings. The van der Waals surface area contributed by atoms with Crippen molar-refractivity contribution in [2.24, 2.45) is 5.92 Å². The molecule has 2 aliphatic carbocycles. The first-order valence-corrected chi connectivity index (χ1v) is 13.9. The normalized spacial score (nSPS) is 15.2. The molecule has 0 saturated heterocycles. The summed E-state index contributed by atoms with van der Waals surface area (Å²) >= 11 is 0. The summed E-state index contributed by atoms with van der Waals surface area (Å²) in [6.07, 6.45) is 18.5. The zero-order valence-corrected chi connectivity index (χ0v) is 23.5. The Kier molecular flexibility index (Phi) is 9.56. The van der Waals surface area contributed by atoms with Crippen molar-refractivity contribution in [3.05, 3.63) is 43.1 Å². The number of aromatic nitrogens is 7. The van der Waals surface area contributed by atoms with Gasteiger partial charge in [-0.05, 0) is 32.6 Å². The summed E-state index contributed by atoms with van der Waals surface area (Å²) in [6.45, 7) is 9.48. The molecule has 0 unspecified atom stereocenters. The van der Waals surface area contributed by atoms with E-state index in [1.54, 1.807) is 19.3 Å². The molecule has 39 heavy (non-hydrogen) atoms. The van der Waals surface area contributed by atoms with Gasteiger partial charge in [-0.2, -0.15) is 10.2 Å². The number of anilines is 2. The van der Waals surface area contributed by atoms with E-state index in [2.05, 4.69) is 44.8 Å². The number of alkyl carbamates (subject to hydrolysis) is 1. The van der Waals surface area contributed by atoms with Crippen LogP contribution in [0.4, 0.5) is 16.6 Å². The minimum absolute atomic E-state index is 0.0479. The zero-order chi connectivity index (χ0) is 27.7. The van der Waals surface area contributed by atoms with Crippen molar-refractivity contribution < 1.29 is 9.53 Å². The Labute approximate surface area is 229 Å². The molecule has 2 aliphatic rings. The topological polar surface area (TPSA) is 127 Å². The molecule has 4 heterocycles. The largest absolute Gasteiger partial charge is 0.450 e. The number of carbonyl (C=O) groups excluding carboxylic acids is 1. The van der Waals surface area contributed by atoms with Crippen molar-refractivity contribution in [1.82, 2.24) is 39.7 Å². The molecule has 0 spiro atoms. The third kappa shape index (κ3) is 8.56. The number of amides is 1. The van der Waals surface area contributed by atoms with E-state index in [0.717, 1.165) is 42.1 Å². The molecule has 3 N–H and O–H groups in total. The highest BCUT2D eigenvalue weighted by molar-refractivity contribution is 5.68. The highest BCUT2D eigenvalue weighted by Gasteiger charge is 2.39. The molecule has 0 atom stereocenters. The summed E-state index contributed by atoms with van der Waals surface area (Å²) in [5.74, 6) is 1.98. The van der Waals surface area contributed by atoms with Gasteiger partial charge in [0, 0.05) is 48.4 Å². The Balaban J connectivity index is 0.000000193. The lowest BCUT2D eigenvalue weighted by Gasteiger charge is -2.09. The molecule has 0 radical (unpaired) electrons. The van der Waals surface area contributed by atoms with Crippen LogP contribution in [0, 0.1) is 5.92 Å². The average Bonchev–Trinajstić information content (AvgIpc) is 3.55. The quantitative estimate of drug-likeness (QED) is 0.267. The maximum absolute atomic E-state index is 10.8. The number of nitrogens with zero attached hydrogens (tertiary/aromatic N) is 6. The molecular formula is C28H41N9O2. The van der Waals surface area contributed by atoms with Crippen LogP contribution < -0.4 is 10.6 Å². The van der Waals surface area contributed by atoms with Crippen LogP contribution in [0.2, 0.25) is 0 Å². The van der Waals surface area contributed by atoms with E-state index < -0.39 is 0 Å². The van der Waals surface area contributed by atoms with Crippen LogP contribution in [0.25, 0.3) is 16.9 Å². The predicted octanol–water partition coefficient (Wildman–Crippen LogP) is 5.95. The minimum atomic E-state index is -0.289. The van der Waals surface area contributed by atoms with Gasteiger partial charge in [-0.15, -0.1) is 0 Å². The van der Waals surface area contributed by atoms with Crippen LogP contribution in [0.5, 0.6) is 0 Å². The van der Waals surface area contributed by atoms with E-state index in [1.165, 1.54) is 32.1 Å². The molecule has 2 saturated carbocycles. The summed E-state index contributed by atoms with van der Waals surface area (Å²) in [7, 11) is 0. The Bertz CT molecular complexity index is 1290. The summed E-state index contributed by atoms with van der Waals surface area (Å²) in [5.41, 5.74) is 2.66. The molecule has 210 valence electrons. The standard InChI is InChI=1S/C16H18N8.C7H13NO2.C5H10/c1-11(2)9-23-10-12(8-19-23)13-7-15-17-5-6-24(15)16(20-13)21-14-3-4-18-22-14;1-3-10-6(9)8-7(2)4-5-7;1-2-4-5-3-1/h3-8,10-11H,9H2,1-2H3,(H2,18,20,21,22);3-5H2,1-2H3,(H,8,9);1-5H2. The molecule has 11 heteroatoms. The van der Waals surface area contributed by atoms with Crippen LogP contribution in [-0.2, 0) is 11.3 Å². The van der Waals surface area contributed by atoms with Gasteiger partial charge in [0.2, 0.25) is 5.95 Å². The molecule has 1 amide bonds. The lowest BCUT2D eigenvalue weighted by atomic mass is 10.2. The van der Waals surface area contributed by atoms with Gasteiger partial charge >= 0.3 is 6.09 Å². The van der Waals surface area contributed by atoms with Gasteiger partial charge in [0.15, 0.2) is 0 Å². The lowest BCUT2D eigenvalue weighted by Crippen LogP contribution is -2.34. The number of ether oxygens (including phenoxy) is 1. The summed E-state index contributed by atoms with van der Waals surface area (Å²) < 4.78 is 8.54. The number of H-pyrrole nitrogens is 1. The Morgan fingerprint density at radius 3 is 2.54 bits per heavy atom. The number of imidazole rings is 1. The number of nitrogens with one attached hydrogen (secondary N) is 3. The van der Waals surface area contributed by atoms with Crippen LogP contribution in [-0.4, -0.2) is 52.6 Å². The maximum Gasteiger partial charge on any atom is 0.407 e. The minimum Gasteiger partial charge on any atom is -0.450 e. The van der Waals surface area contributed by atoms with Crippen molar-refractivity contribution in [1.29, 1.82) is 0 Å². The van der Waals surface area contributed by atoms with Crippen molar-refractivity contribution in [2.45, 2.75) is 84.7 Å². The number of hydrogen-bond donors (Lipinski definition) is 3. The van der Waals surface area contributed by atoms with Crippen LogP contribution >= 0.6 is 0 Å². The van der Waals surface area contributed by atoms with Crippen molar-refractivity contribution in [3.63, 3.8) is 0 Å². The van der Waals surface area contributed by atoms with Crippen molar-refractivity contribution >= 4 is 23.5 Å². The Morgan fingerprint density at radius 1 is 1.18 bits per heavy atom. The SMILES string of the molecule is C1CCCC1.CC(C)Cn1cc(-c2cc3nccn3c(Nc3ccn[nH]3)n2)cn1.CCOC(=O)NC1(C)CC1. The van der Waals surface area contributed by atoms with E-state index >= 15 is 0 Å². The molecular weight excluding hydrogens is 494 g/mol. The Hall–Kier alpha value is -3.89. The predicted molar refractivity (Wildman–Crippen MR) is 152 cm³/mol. The maximum atomic E-state index is 10.8. The van der Waals surface area contributed by atoms with E-state index in [-0.39, 0.29) is 11.6 Å². The molecule has 4 aromatic rings. The van der Waals surface area contributed by atoms with E-state index in [9.17, 15) is 4.79 Å². The van der Waals surface area contributed by atoms with Gasteiger partial charge in [-0.3, -0.25) is 14.2 Å². The average molecular weight is 536 g/mol. The molecule has 0 aliphatic heterocycles. The number of aromatic amines is 1. The van der Waals surface area contributed by atoms with E-state index in [4.69, 9.17) is 9.72 Å². The van der Waals surface area contributed by atoms with Crippen LogP contribution in [0.3, 0.4) is 0 Å². The highest BCUT2D eigenvalue weighted by Crippen LogP contribution is 2.34. The van der Waals surface area contributed by atoms with E-state index in [0.29, 0.717) is 18.5 Å². The summed E-state index contributed by atoms with van der Waals surface area (Å²) in [6, 6.07) is 3.80. The van der Waals surface area contributed by atoms with Gasteiger partial charge in [0.05, 0.1) is 24.7 Å². The van der Waals surface area contributed by atoms with E-state index in [1.807, 2.05) is 46.7 Å². The molecule has 11 nitrogen and oxygen atoms in total. The highest BCUT2D eigenvalue weighted by atomic mass is 16.5. The Morgan fingerprint density at radius 2 is 1.92 bits per heavy atom. The lowest BCUT2D eigenvalue weighted by molar-refractivity contribution is 0.147. The van der Waals surface area contributed by atoms with Crippen molar-refractivity contribution in [2.75, 3.05) is 11.9 Å². The van der Waals surface area contributed by atoms with Gasteiger partial charge in [-0.25, -0.2) is 14.8 Å². The van der Waals surface area contributed by atoms with Gasteiger partial charge in [0.25, 0.3) is 0 Å². The fourth-order valence-corrected chi connectivity index (χ4v) is 4.19. The van der Waals surface area contributed by atoms with Crippen LogP contribution in [0.15, 0.2) is 43.1 Å². The fourth-order valence-electron chi connectivity index (χ4n) is 4.19. The third-order valence-corrected chi connectivity index (χ3v) is 6.55. The molecule has 0 bridgehead atoms. The fraction of sp³-hybridized carbons (Fsp3) is 0.536. The number of rotatable bonds is 7. The molecule has 4 aromatic heterocycles.